The molecule has 304 valence electrons. The first kappa shape index (κ1) is 42.6. The maximum atomic E-state index is 13.5. The molecule has 7 N–H and O–H groups in total. The zero-order valence-corrected chi connectivity index (χ0v) is 34.5. The number of amides is 1. The quantitative estimate of drug-likeness (QED) is 0.0661. The number of carbonyl (C=O) groups excluding carboxylic acids is 1. The highest BCUT2D eigenvalue weighted by atomic mass is 19.1. The van der Waals surface area contributed by atoms with Crippen molar-refractivity contribution in [3.63, 3.8) is 0 Å². The van der Waals surface area contributed by atoms with Crippen LogP contribution in [0.3, 0.4) is 0 Å². The molecule has 0 radical (unpaired) electrons. The lowest BCUT2D eigenvalue weighted by Gasteiger charge is -2.32. The lowest BCUT2D eigenvalue weighted by molar-refractivity contribution is 0.0784. The summed E-state index contributed by atoms with van der Waals surface area (Å²) < 4.78 is 15.0. The van der Waals surface area contributed by atoms with Gasteiger partial charge in [0.25, 0.3) is 5.91 Å². The molecule has 0 atom stereocenters. The number of guanidine groups is 1. The van der Waals surface area contributed by atoms with Crippen LogP contribution in [0.2, 0.25) is 0 Å². The van der Waals surface area contributed by atoms with E-state index in [9.17, 15) is 14.0 Å². The van der Waals surface area contributed by atoms with E-state index in [4.69, 9.17) is 11.5 Å². The molecular weight excluding hydrogens is 720 g/mol. The molecule has 1 fully saturated rings. The Balaban J connectivity index is 0.000000218. The summed E-state index contributed by atoms with van der Waals surface area (Å²) in [5, 5.41) is 7.64. The summed E-state index contributed by atoms with van der Waals surface area (Å²) in [4.78, 5) is 41.0. The third-order valence-corrected chi connectivity index (χ3v) is 9.83. The zero-order chi connectivity index (χ0) is 41.3. The van der Waals surface area contributed by atoms with E-state index in [0.717, 1.165) is 84.8 Å². The predicted octanol–water partition coefficient (Wildman–Crippen LogP) is 5.57. The van der Waals surface area contributed by atoms with Gasteiger partial charge in [-0.15, -0.1) is 0 Å². The normalized spacial score (nSPS) is 13.2. The summed E-state index contributed by atoms with van der Waals surface area (Å²) >= 11 is 0. The van der Waals surface area contributed by atoms with E-state index in [1.807, 2.05) is 48.7 Å². The van der Waals surface area contributed by atoms with Gasteiger partial charge in [0.1, 0.15) is 11.5 Å². The summed E-state index contributed by atoms with van der Waals surface area (Å²) in [6.07, 6.45) is 2.71. The monoisotopic (exact) mass is 778 g/mol. The molecule has 1 amide bonds. The number of nitrogens with two attached hydrogens (primary N) is 2. The third-order valence-electron chi connectivity index (χ3n) is 9.83. The number of fused-ring (bicyclic) bond motifs is 1. The summed E-state index contributed by atoms with van der Waals surface area (Å²) in [7, 11) is 1.77. The minimum atomic E-state index is -0.301. The summed E-state index contributed by atoms with van der Waals surface area (Å²) in [6.45, 7) is 19.2. The van der Waals surface area contributed by atoms with E-state index in [0.29, 0.717) is 24.3 Å². The molecule has 3 heterocycles. The Kier molecular flexibility index (Phi) is 13.9. The van der Waals surface area contributed by atoms with E-state index in [1.165, 1.54) is 12.1 Å². The minimum Gasteiger partial charge on any atom is -0.370 e. The molecule has 13 heteroatoms. The molecule has 0 unspecified atom stereocenters. The fourth-order valence-corrected chi connectivity index (χ4v) is 6.48. The number of hydrogen-bond donors (Lipinski definition) is 5. The lowest BCUT2D eigenvalue weighted by Crippen LogP contribution is -2.43. The average Bonchev–Trinajstić information content (AvgIpc) is 3.60. The van der Waals surface area contributed by atoms with Gasteiger partial charge in [0.15, 0.2) is 5.96 Å². The topological polar surface area (TPSA) is 163 Å². The summed E-state index contributed by atoms with van der Waals surface area (Å²) in [5.41, 5.74) is 17.5. The van der Waals surface area contributed by atoms with Crippen LogP contribution in [0.5, 0.6) is 0 Å². The van der Waals surface area contributed by atoms with Gasteiger partial charge in [-0.2, -0.15) is 4.98 Å². The van der Waals surface area contributed by atoms with E-state index in [1.54, 1.807) is 22.6 Å². The second-order valence-corrected chi connectivity index (χ2v) is 16.7. The van der Waals surface area contributed by atoms with Crippen LogP contribution in [0, 0.1) is 5.82 Å². The van der Waals surface area contributed by atoms with E-state index >= 15 is 0 Å². The molecule has 1 saturated heterocycles. The van der Waals surface area contributed by atoms with Gasteiger partial charge in [-0.05, 0) is 83.6 Å². The number of piperazine rings is 1. The van der Waals surface area contributed by atoms with Crippen LogP contribution in [0.15, 0.2) is 88.8 Å². The van der Waals surface area contributed by atoms with Crippen LogP contribution < -0.4 is 32.7 Å². The number of aliphatic imine (C=N–C) groups is 1. The van der Waals surface area contributed by atoms with Crippen molar-refractivity contribution in [2.75, 3.05) is 51.2 Å². The van der Waals surface area contributed by atoms with Gasteiger partial charge in [0.2, 0.25) is 0 Å². The number of rotatable bonds is 11. The van der Waals surface area contributed by atoms with Crippen molar-refractivity contribution in [1.82, 2.24) is 30.1 Å². The highest BCUT2D eigenvalue weighted by Gasteiger charge is 2.22. The van der Waals surface area contributed by atoms with Crippen LogP contribution in [-0.2, 0) is 23.9 Å². The van der Waals surface area contributed by atoms with Gasteiger partial charge in [-0.3, -0.25) is 14.4 Å². The molecule has 0 aliphatic carbocycles. The molecule has 57 heavy (non-hydrogen) atoms. The molecular formula is C44H59FN10O2. The van der Waals surface area contributed by atoms with Gasteiger partial charge < -0.3 is 36.9 Å². The maximum Gasteiger partial charge on any atom is 0.354 e. The lowest BCUT2D eigenvalue weighted by atomic mass is 9.85. The Morgan fingerprint density at radius 2 is 1.65 bits per heavy atom. The van der Waals surface area contributed by atoms with Gasteiger partial charge in [0, 0.05) is 86.8 Å². The first-order valence-corrected chi connectivity index (χ1v) is 19.6. The number of anilines is 1. The second-order valence-electron chi connectivity index (χ2n) is 16.7. The highest BCUT2D eigenvalue weighted by Crippen LogP contribution is 2.30. The van der Waals surface area contributed by atoms with Crippen molar-refractivity contribution in [2.45, 2.75) is 71.9 Å². The van der Waals surface area contributed by atoms with E-state index < -0.39 is 0 Å². The van der Waals surface area contributed by atoms with Crippen molar-refractivity contribution in [3.05, 3.63) is 123 Å². The van der Waals surface area contributed by atoms with Crippen LogP contribution in [0.4, 0.5) is 10.1 Å². The van der Waals surface area contributed by atoms with Crippen molar-refractivity contribution in [2.24, 2.45) is 16.5 Å². The molecule has 12 nitrogen and oxygen atoms in total. The number of hydrogen-bond acceptors (Lipinski definition) is 7. The molecule has 0 saturated carbocycles. The number of nitrogens with one attached hydrogen (secondary N) is 3. The summed E-state index contributed by atoms with van der Waals surface area (Å²) in [6, 6.07) is 22.5. The number of carbonyl (C=O) groups is 1. The Morgan fingerprint density at radius 3 is 2.30 bits per heavy atom. The van der Waals surface area contributed by atoms with Gasteiger partial charge in [0.05, 0.1) is 5.69 Å². The molecule has 3 aromatic carbocycles. The molecule has 1 aliphatic heterocycles. The SMILES string of the molecule is CC(C)(C)c1cc2cn(-c3ccc(CNCCCN=C(N)N)cc3)c(=O)nc2[nH]1.CN(Cc1cccc(F)c1)C(=O)c1cc(N2CCNCC2)cc(C(C)(C)C)c1. The van der Waals surface area contributed by atoms with Crippen LogP contribution >= 0.6 is 0 Å². The van der Waals surface area contributed by atoms with E-state index in [2.05, 4.69) is 84.2 Å². The fraction of sp³-hybridized carbons (Fsp3) is 0.409. The van der Waals surface area contributed by atoms with Crippen molar-refractivity contribution in [3.8, 4) is 5.69 Å². The molecule has 6 rings (SSSR count). The van der Waals surface area contributed by atoms with Crippen LogP contribution in [-0.4, -0.2) is 77.6 Å². The third kappa shape index (κ3) is 12.0. The first-order chi connectivity index (χ1) is 27.0. The average molecular weight is 779 g/mol. The van der Waals surface area contributed by atoms with Crippen molar-refractivity contribution < 1.29 is 9.18 Å². The number of aromatic amines is 1. The summed E-state index contributed by atoms with van der Waals surface area (Å²) in [5.74, 6) is -0.210. The fourth-order valence-electron chi connectivity index (χ4n) is 6.48. The largest absolute Gasteiger partial charge is 0.370 e. The Morgan fingerprint density at radius 1 is 0.930 bits per heavy atom. The molecule has 5 aromatic rings. The van der Waals surface area contributed by atoms with E-state index in [-0.39, 0.29) is 34.2 Å². The number of halogens is 1. The van der Waals surface area contributed by atoms with Crippen LogP contribution in [0.1, 0.15) is 80.7 Å². The molecule has 0 bridgehead atoms. The molecule has 1 aliphatic rings. The zero-order valence-electron chi connectivity index (χ0n) is 34.5. The molecule has 0 spiro atoms. The first-order valence-electron chi connectivity index (χ1n) is 19.6. The minimum absolute atomic E-state index is 0.0352. The van der Waals surface area contributed by atoms with Gasteiger partial charge in [-0.1, -0.05) is 65.8 Å². The maximum absolute atomic E-state index is 13.5. The highest BCUT2D eigenvalue weighted by molar-refractivity contribution is 5.95. The van der Waals surface area contributed by atoms with Gasteiger partial charge in [-0.25, -0.2) is 9.18 Å². The number of H-pyrrole nitrogens is 1. The molecule has 2 aromatic heterocycles. The smallest absolute Gasteiger partial charge is 0.354 e. The Bertz CT molecular complexity index is 2200. The number of aromatic nitrogens is 3. The second kappa shape index (κ2) is 18.6. The predicted molar refractivity (Wildman–Crippen MR) is 230 cm³/mol. The van der Waals surface area contributed by atoms with Crippen molar-refractivity contribution >= 4 is 28.6 Å². The van der Waals surface area contributed by atoms with Crippen LogP contribution in [0.25, 0.3) is 16.7 Å². The number of nitrogens with zero attached hydrogens (tertiary/aromatic N) is 5. The van der Waals surface area contributed by atoms with Gasteiger partial charge >= 0.3 is 5.69 Å². The Labute approximate surface area is 335 Å². The Hall–Kier alpha value is -5.53. The standard InChI is InChI=1S/C23H30FN3O.C21H29N7O/c1-23(2,3)19-13-18(14-21(15-19)27-10-8-25-9-11-27)22(28)26(4)16-17-6-5-7-20(24)12-17;1-21(2,3)17-11-15-13-28(20(29)27-18(15)26-17)16-7-5-14(6-8-16)12-24-9-4-10-25-19(22)23/h5-7,12-15,25H,8-11,16H2,1-4H3;5-8,11,13,24H,4,9-10,12H2,1-3H3,(H4,22,23,25)(H,26,27,29). The number of benzene rings is 3. The van der Waals surface area contributed by atoms with Crippen molar-refractivity contribution in [1.29, 1.82) is 0 Å².